The molecule has 3 aromatic carbocycles. The molecule has 2 heterocycles. The maximum Gasteiger partial charge on any atom is 0.175 e. The minimum Gasteiger partial charge on any atom is -0.508 e. The van der Waals surface area contributed by atoms with E-state index in [1.165, 1.54) is 12.8 Å². The van der Waals surface area contributed by atoms with Crippen LogP contribution in [0.25, 0.3) is 33.7 Å². The van der Waals surface area contributed by atoms with Crippen LogP contribution in [0.15, 0.2) is 71.3 Å². The predicted octanol–water partition coefficient (Wildman–Crippen LogP) is 5.81. The lowest BCUT2D eigenvalue weighted by Crippen LogP contribution is -2.44. The second-order valence-electron chi connectivity index (χ2n) is 9.08. The minimum atomic E-state index is -0.0455. The molecule has 2 atom stereocenters. The zero-order valence-corrected chi connectivity index (χ0v) is 20.0. The second kappa shape index (κ2) is 10.3. The standard InChI is InChI=1S/C29H28N2O5/c1-18(26-4-2-3-15-30-26)35-24-14-9-21(17-32)25(16-24)27-28(19-5-10-22(33)11-6-19)31-36-29(27)20-7-12-23(34)13-8-20/h5-14,16-18,26,30,33-34H,2-4,15H2,1H3. The van der Waals surface area contributed by atoms with Crippen LogP contribution in [-0.4, -0.2) is 40.3 Å². The molecule has 3 N–H and O–H groups in total. The molecule has 0 amide bonds. The van der Waals surface area contributed by atoms with Crippen molar-refractivity contribution in [3.8, 4) is 51.0 Å². The van der Waals surface area contributed by atoms with E-state index in [0.29, 0.717) is 39.5 Å². The molecule has 7 nitrogen and oxygen atoms in total. The third-order valence-corrected chi connectivity index (χ3v) is 6.62. The van der Waals surface area contributed by atoms with Crippen LogP contribution in [0.1, 0.15) is 36.5 Å². The number of aromatic hydroxyl groups is 2. The Morgan fingerprint density at radius 3 is 2.33 bits per heavy atom. The van der Waals surface area contributed by atoms with E-state index in [9.17, 15) is 15.0 Å². The molecule has 1 saturated heterocycles. The molecule has 2 unspecified atom stereocenters. The average molecular weight is 485 g/mol. The number of rotatable bonds is 7. The van der Waals surface area contributed by atoms with Crippen LogP contribution in [0.3, 0.4) is 0 Å². The molecule has 1 aliphatic rings. The molecule has 0 spiro atoms. The molecule has 7 heteroatoms. The lowest BCUT2D eigenvalue weighted by molar-refractivity contribution is 0.112. The molecule has 1 aromatic heterocycles. The number of aromatic nitrogens is 1. The van der Waals surface area contributed by atoms with E-state index in [2.05, 4.69) is 17.4 Å². The Balaban J connectivity index is 1.62. The van der Waals surface area contributed by atoms with Gasteiger partial charge in [-0.1, -0.05) is 11.6 Å². The fraction of sp³-hybridized carbons (Fsp3) is 0.241. The number of phenolic OH excluding ortho intramolecular Hbond substituents is 2. The van der Waals surface area contributed by atoms with Gasteiger partial charge in [-0.05, 0) is 93.0 Å². The first-order chi connectivity index (χ1) is 17.5. The molecule has 4 aromatic rings. The van der Waals surface area contributed by atoms with Crippen molar-refractivity contribution in [2.24, 2.45) is 0 Å². The van der Waals surface area contributed by atoms with Crippen molar-refractivity contribution in [2.45, 2.75) is 38.3 Å². The van der Waals surface area contributed by atoms with Gasteiger partial charge in [0.1, 0.15) is 29.0 Å². The maximum atomic E-state index is 12.1. The summed E-state index contributed by atoms with van der Waals surface area (Å²) >= 11 is 0. The number of hydrogen-bond acceptors (Lipinski definition) is 7. The van der Waals surface area contributed by atoms with Gasteiger partial charge >= 0.3 is 0 Å². The SMILES string of the molecule is CC(Oc1ccc(C=O)c(-c2c(-c3ccc(O)cc3)noc2-c2ccc(O)cc2)c1)C1CCCCN1. The second-order valence-corrected chi connectivity index (χ2v) is 9.08. The van der Waals surface area contributed by atoms with Gasteiger partial charge < -0.3 is 24.8 Å². The normalized spacial score (nSPS) is 16.4. The van der Waals surface area contributed by atoms with Gasteiger partial charge in [-0.3, -0.25) is 4.79 Å². The first-order valence-corrected chi connectivity index (χ1v) is 12.1. The van der Waals surface area contributed by atoms with Crippen LogP contribution >= 0.6 is 0 Å². The first-order valence-electron chi connectivity index (χ1n) is 12.1. The number of phenols is 2. The molecule has 1 fully saturated rings. The lowest BCUT2D eigenvalue weighted by Gasteiger charge is -2.29. The van der Waals surface area contributed by atoms with Crippen LogP contribution < -0.4 is 10.1 Å². The van der Waals surface area contributed by atoms with Crippen LogP contribution in [0.2, 0.25) is 0 Å². The molecule has 0 aliphatic carbocycles. The highest BCUT2D eigenvalue weighted by Crippen LogP contribution is 2.42. The third kappa shape index (κ3) is 4.83. The van der Waals surface area contributed by atoms with Crippen molar-refractivity contribution in [1.29, 1.82) is 0 Å². The Hall–Kier alpha value is -4.10. The Morgan fingerprint density at radius 2 is 1.69 bits per heavy atom. The largest absolute Gasteiger partial charge is 0.508 e. The quantitative estimate of drug-likeness (QED) is 0.284. The Morgan fingerprint density at radius 1 is 1.00 bits per heavy atom. The molecule has 0 saturated carbocycles. The number of aldehydes is 1. The van der Waals surface area contributed by atoms with E-state index in [1.54, 1.807) is 60.7 Å². The highest BCUT2D eigenvalue weighted by molar-refractivity contribution is 5.97. The summed E-state index contributed by atoms with van der Waals surface area (Å²) in [7, 11) is 0. The zero-order chi connectivity index (χ0) is 25.1. The van der Waals surface area contributed by atoms with Crippen molar-refractivity contribution in [3.05, 3.63) is 72.3 Å². The van der Waals surface area contributed by atoms with Gasteiger partial charge in [0.2, 0.25) is 0 Å². The van der Waals surface area contributed by atoms with Crippen molar-refractivity contribution >= 4 is 6.29 Å². The van der Waals surface area contributed by atoms with E-state index in [4.69, 9.17) is 9.26 Å². The van der Waals surface area contributed by atoms with Gasteiger partial charge in [0, 0.05) is 28.3 Å². The number of benzene rings is 3. The van der Waals surface area contributed by atoms with Crippen LogP contribution in [0, 0.1) is 0 Å². The van der Waals surface area contributed by atoms with Crippen molar-refractivity contribution in [2.75, 3.05) is 6.54 Å². The number of hydrogen-bond donors (Lipinski definition) is 3. The molecule has 1 aliphatic heterocycles. The van der Waals surface area contributed by atoms with Gasteiger partial charge in [-0.15, -0.1) is 0 Å². The van der Waals surface area contributed by atoms with Crippen LogP contribution in [-0.2, 0) is 0 Å². The van der Waals surface area contributed by atoms with Crippen molar-refractivity contribution < 1.29 is 24.3 Å². The molecular formula is C29H28N2O5. The van der Waals surface area contributed by atoms with Gasteiger partial charge in [0.25, 0.3) is 0 Å². The lowest BCUT2D eigenvalue weighted by atomic mass is 9.93. The van der Waals surface area contributed by atoms with Gasteiger partial charge in [0.05, 0.1) is 5.56 Å². The Labute approximate surface area is 209 Å². The topological polar surface area (TPSA) is 105 Å². The summed E-state index contributed by atoms with van der Waals surface area (Å²) in [6.45, 7) is 3.04. The number of carbonyl (C=O) groups is 1. The summed E-state index contributed by atoms with van der Waals surface area (Å²) in [4.78, 5) is 12.1. The smallest absolute Gasteiger partial charge is 0.175 e. The monoisotopic (exact) mass is 484 g/mol. The molecule has 184 valence electrons. The first kappa shape index (κ1) is 23.6. The molecule has 5 rings (SSSR count). The third-order valence-electron chi connectivity index (χ3n) is 6.62. The van der Waals surface area contributed by atoms with E-state index in [1.807, 2.05) is 6.07 Å². The van der Waals surface area contributed by atoms with E-state index < -0.39 is 0 Å². The molecule has 36 heavy (non-hydrogen) atoms. The van der Waals surface area contributed by atoms with E-state index in [0.717, 1.165) is 24.8 Å². The summed E-state index contributed by atoms with van der Waals surface area (Å²) in [5.41, 5.74) is 3.67. The van der Waals surface area contributed by atoms with Crippen molar-refractivity contribution in [3.63, 3.8) is 0 Å². The van der Waals surface area contributed by atoms with Crippen LogP contribution in [0.4, 0.5) is 0 Å². The zero-order valence-electron chi connectivity index (χ0n) is 20.0. The fourth-order valence-electron chi connectivity index (χ4n) is 4.67. The van der Waals surface area contributed by atoms with Crippen molar-refractivity contribution in [1.82, 2.24) is 10.5 Å². The van der Waals surface area contributed by atoms with Gasteiger partial charge in [-0.2, -0.15) is 0 Å². The summed E-state index contributed by atoms with van der Waals surface area (Å²) in [6, 6.07) is 18.9. The summed E-state index contributed by atoms with van der Waals surface area (Å²) in [5, 5.41) is 27.4. The summed E-state index contributed by atoms with van der Waals surface area (Å²) in [6.07, 6.45) is 4.17. The summed E-state index contributed by atoms with van der Waals surface area (Å²) in [5.74, 6) is 1.37. The highest BCUT2D eigenvalue weighted by Gasteiger charge is 2.25. The van der Waals surface area contributed by atoms with Gasteiger partial charge in [0.15, 0.2) is 12.0 Å². The fourth-order valence-corrected chi connectivity index (χ4v) is 4.67. The number of piperidine rings is 1. The number of nitrogens with zero attached hydrogens (tertiary/aromatic N) is 1. The molecular weight excluding hydrogens is 456 g/mol. The Kier molecular flexibility index (Phi) is 6.73. The Bertz CT molecular complexity index is 1280. The number of ether oxygens (including phenoxy) is 1. The van der Waals surface area contributed by atoms with Crippen LogP contribution in [0.5, 0.6) is 17.2 Å². The minimum absolute atomic E-state index is 0.0455. The maximum absolute atomic E-state index is 12.1. The number of nitrogens with one attached hydrogen (secondary N) is 1. The van der Waals surface area contributed by atoms with E-state index >= 15 is 0 Å². The summed E-state index contributed by atoms with van der Waals surface area (Å²) < 4.78 is 12.1. The average Bonchev–Trinajstić information content (AvgIpc) is 3.35. The predicted molar refractivity (Wildman–Crippen MR) is 137 cm³/mol. The van der Waals surface area contributed by atoms with Gasteiger partial charge in [-0.25, -0.2) is 0 Å². The highest BCUT2D eigenvalue weighted by atomic mass is 16.5. The van der Waals surface area contributed by atoms with E-state index in [-0.39, 0.29) is 23.6 Å². The number of carbonyl (C=O) groups excluding carboxylic acids is 1. The molecule has 0 bridgehead atoms. The molecule has 0 radical (unpaired) electrons.